The Bertz CT molecular complexity index is 1240. The van der Waals surface area contributed by atoms with Gasteiger partial charge in [-0.25, -0.2) is 13.8 Å². The van der Waals surface area contributed by atoms with E-state index in [0.29, 0.717) is 29.4 Å². The van der Waals surface area contributed by atoms with E-state index < -0.39 is 17.7 Å². The van der Waals surface area contributed by atoms with Crippen molar-refractivity contribution in [3.63, 3.8) is 0 Å². The van der Waals surface area contributed by atoms with Gasteiger partial charge in [-0.1, -0.05) is 48.5 Å². The van der Waals surface area contributed by atoms with Crippen LogP contribution in [0, 0.1) is 11.6 Å². The zero-order valence-electron chi connectivity index (χ0n) is 17.2. The Morgan fingerprint density at radius 2 is 1.84 bits per heavy atom. The number of carbonyl (C=O) groups excluding carboxylic acids is 2. The van der Waals surface area contributed by atoms with Crippen molar-refractivity contribution >= 4 is 34.6 Å². The van der Waals surface area contributed by atoms with Crippen molar-refractivity contribution in [2.45, 2.75) is 25.8 Å². The monoisotopic (exact) mass is 452 g/mol. The molecule has 0 radical (unpaired) electrons. The maximum absolute atomic E-state index is 14.7. The first kappa shape index (κ1) is 21.8. The lowest BCUT2D eigenvalue weighted by Crippen LogP contribution is -2.37. The number of amides is 1. The third kappa shape index (κ3) is 4.06. The summed E-state index contributed by atoms with van der Waals surface area (Å²) in [6, 6.07) is 13.7. The number of pyridine rings is 1. The van der Waals surface area contributed by atoms with Gasteiger partial charge in [0.1, 0.15) is 11.6 Å². The standard InChI is InChI=1S/C25H19ClF2N2O2/c1-14(16-6-4-3-5-7-16)22-10-17(30-24(15(2)31)8-9-25(30)32)11-23(29-22)18-12-19(26)21(28)13-20(18)27/h3-7,10-13,24H,1,8-9H2,2H3/t24-/m0/s1. The van der Waals surface area contributed by atoms with E-state index in [0.717, 1.165) is 11.6 Å². The number of rotatable bonds is 5. The summed E-state index contributed by atoms with van der Waals surface area (Å²) in [5, 5.41) is -0.254. The number of anilines is 1. The first-order chi connectivity index (χ1) is 15.3. The number of hydrogen-bond donors (Lipinski definition) is 0. The molecule has 2 aromatic carbocycles. The molecule has 0 aliphatic carbocycles. The SMILES string of the molecule is C=C(c1ccccc1)c1cc(N2C(=O)CC[C@H]2C(C)=O)cc(-c2cc(Cl)c(F)cc2F)n1. The number of benzene rings is 2. The lowest BCUT2D eigenvalue weighted by molar-refractivity contribution is -0.121. The van der Waals surface area contributed by atoms with Crippen LogP contribution in [0.15, 0.2) is 61.2 Å². The average Bonchev–Trinajstić information content (AvgIpc) is 3.17. The summed E-state index contributed by atoms with van der Waals surface area (Å²) in [7, 11) is 0. The summed E-state index contributed by atoms with van der Waals surface area (Å²) in [5.74, 6) is -2.09. The van der Waals surface area contributed by atoms with Gasteiger partial charge in [-0.05, 0) is 37.1 Å². The summed E-state index contributed by atoms with van der Waals surface area (Å²) in [6.45, 7) is 5.54. The summed E-state index contributed by atoms with van der Waals surface area (Å²) >= 11 is 5.89. The lowest BCUT2D eigenvalue weighted by atomic mass is 10.0. The van der Waals surface area contributed by atoms with Gasteiger partial charge >= 0.3 is 0 Å². The number of nitrogens with zero attached hydrogens (tertiary/aromatic N) is 2. The van der Waals surface area contributed by atoms with Crippen molar-refractivity contribution in [2.75, 3.05) is 4.90 Å². The number of aromatic nitrogens is 1. The van der Waals surface area contributed by atoms with Crippen LogP contribution in [0.25, 0.3) is 16.8 Å². The van der Waals surface area contributed by atoms with Crippen LogP contribution < -0.4 is 4.90 Å². The lowest BCUT2D eigenvalue weighted by Gasteiger charge is -2.24. The second-order valence-corrected chi connectivity index (χ2v) is 8.02. The van der Waals surface area contributed by atoms with Crippen LogP contribution in [0.5, 0.6) is 0 Å². The van der Waals surface area contributed by atoms with E-state index in [-0.39, 0.29) is 34.4 Å². The Labute approximate surface area is 189 Å². The molecule has 7 heteroatoms. The first-order valence-corrected chi connectivity index (χ1v) is 10.4. The molecule has 1 fully saturated rings. The molecule has 1 aliphatic rings. The van der Waals surface area contributed by atoms with Crippen LogP contribution in [0.2, 0.25) is 5.02 Å². The number of carbonyl (C=O) groups is 2. The fraction of sp³-hybridized carbons (Fsp3) is 0.160. The molecule has 162 valence electrons. The number of ketones is 1. The Kier molecular flexibility index (Phi) is 5.89. The maximum atomic E-state index is 14.7. The molecule has 0 saturated carbocycles. The van der Waals surface area contributed by atoms with Gasteiger partial charge in [0.2, 0.25) is 5.91 Å². The van der Waals surface area contributed by atoms with Crippen LogP contribution in [0.4, 0.5) is 14.5 Å². The van der Waals surface area contributed by atoms with Crippen LogP contribution >= 0.6 is 11.6 Å². The van der Waals surface area contributed by atoms with E-state index in [9.17, 15) is 18.4 Å². The highest BCUT2D eigenvalue weighted by Gasteiger charge is 2.35. The van der Waals surface area contributed by atoms with Crippen molar-refractivity contribution in [3.8, 4) is 11.3 Å². The van der Waals surface area contributed by atoms with Gasteiger partial charge in [0, 0.05) is 29.3 Å². The Hall–Kier alpha value is -3.38. The van der Waals surface area contributed by atoms with Crippen LogP contribution in [-0.4, -0.2) is 22.7 Å². The summed E-state index contributed by atoms with van der Waals surface area (Å²) < 4.78 is 28.4. The average molecular weight is 453 g/mol. The predicted molar refractivity (Wildman–Crippen MR) is 120 cm³/mol. The third-order valence-electron chi connectivity index (χ3n) is 5.49. The van der Waals surface area contributed by atoms with Crippen molar-refractivity contribution in [1.29, 1.82) is 0 Å². The molecular formula is C25H19ClF2N2O2. The molecule has 1 aliphatic heterocycles. The number of hydrogen-bond acceptors (Lipinski definition) is 3. The first-order valence-electron chi connectivity index (χ1n) is 10.0. The summed E-state index contributed by atoms with van der Waals surface area (Å²) in [5.41, 5.74) is 2.25. The zero-order valence-corrected chi connectivity index (χ0v) is 18.0. The third-order valence-corrected chi connectivity index (χ3v) is 5.78. The molecule has 1 amide bonds. The molecule has 0 unspecified atom stereocenters. The van der Waals surface area contributed by atoms with Gasteiger partial charge in [-0.2, -0.15) is 0 Å². The second-order valence-electron chi connectivity index (χ2n) is 7.62. The highest BCUT2D eigenvalue weighted by molar-refractivity contribution is 6.31. The Balaban J connectivity index is 1.92. The van der Waals surface area contributed by atoms with Crippen molar-refractivity contribution < 1.29 is 18.4 Å². The van der Waals surface area contributed by atoms with Gasteiger partial charge < -0.3 is 4.90 Å². The van der Waals surface area contributed by atoms with E-state index in [1.54, 1.807) is 6.07 Å². The van der Waals surface area contributed by atoms with Crippen LogP contribution in [-0.2, 0) is 9.59 Å². The van der Waals surface area contributed by atoms with E-state index in [1.165, 1.54) is 17.9 Å². The minimum Gasteiger partial charge on any atom is -0.302 e. The molecule has 0 N–H and O–H groups in total. The fourth-order valence-electron chi connectivity index (χ4n) is 3.85. The van der Waals surface area contributed by atoms with E-state index in [1.807, 2.05) is 30.3 Å². The largest absolute Gasteiger partial charge is 0.302 e. The normalized spacial score (nSPS) is 15.8. The molecule has 1 aromatic heterocycles. The highest BCUT2D eigenvalue weighted by Crippen LogP contribution is 2.35. The maximum Gasteiger partial charge on any atom is 0.227 e. The molecule has 1 saturated heterocycles. The predicted octanol–water partition coefficient (Wildman–Crippen LogP) is 5.83. The number of halogens is 3. The highest BCUT2D eigenvalue weighted by atomic mass is 35.5. The molecule has 4 nitrogen and oxygen atoms in total. The second kappa shape index (κ2) is 8.63. The molecule has 4 rings (SSSR count). The summed E-state index contributed by atoms with van der Waals surface area (Å²) in [4.78, 5) is 30.8. The fourth-order valence-corrected chi connectivity index (χ4v) is 4.01. The zero-order chi connectivity index (χ0) is 23.0. The number of Topliss-reactive ketones (excluding diaryl/α,β-unsaturated/α-hetero) is 1. The molecule has 32 heavy (non-hydrogen) atoms. The molecule has 1 atom stereocenters. The molecule has 2 heterocycles. The molecule has 0 bridgehead atoms. The van der Waals surface area contributed by atoms with Gasteiger partial charge in [-0.15, -0.1) is 0 Å². The quantitative estimate of drug-likeness (QED) is 0.458. The van der Waals surface area contributed by atoms with Crippen LogP contribution in [0.3, 0.4) is 0 Å². The van der Waals surface area contributed by atoms with E-state index >= 15 is 0 Å². The molecule has 0 spiro atoms. The van der Waals surface area contributed by atoms with Gasteiger partial charge in [0.25, 0.3) is 0 Å². The molecule has 3 aromatic rings. The minimum atomic E-state index is -0.885. The molecular weight excluding hydrogens is 434 g/mol. The van der Waals surface area contributed by atoms with Crippen molar-refractivity contribution in [2.24, 2.45) is 0 Å². The topological polar surface area (TPSA) is 50.3 Å². The minimum absolute atomic E-state index is 0.0219. The van der Waals surface area contributed by atoms with Gasteiger partial charge in [0.15, 0.2) is 5.78 Å². The Morgan fingerprint density at radius 3 is 2.53 bits per heavy atom. The van der Waals surface area contributed by atoms with Crippen molar-refractivity contribution in [3.05, 3.63) is 89.1 Å². The smallest absolute Gasteiger partial charge is 0.227 e. The van der Waals surface area contributed by atoms with Crippen molar-refractivity contribution in [1.82, 2.24) is 4.98 Å². The van der Waals surface area contributed by atoms with E-state index in [2.05, 4.69) is 11.6 Å². The summed E-state index contributed by atoms with van der Waals surface area (Å²) in [6.07, 6.45) is 0.630. The van der Waals surface area contributed by atoms with Crippen LogP contribution in [0.1, 0.15) is 31.0 Å². The van der Waals surface area contributed by atoms with Gasteiger partial charge in [0.05, 0.1) is 22.5 Å². The Morgan fingerprint density at radius 1 is 1.12 bits per heavy atom. The van der Waals surface area contributed by atoms with Gasteiger partial charge in [-0.3, -0.25) is 9.59 Å². The van der Waals surface area contributed by atoms with E-state index in [4.69, 9.17) is 11.6 Å².